The molecule has 0 fully saturated rings. The number of fused-ring (bicyclic) bond motifs is 1. The maximum Gasteiger partial charge on any atom is 0.239 e. The van der Waals surface area contributed by atoms with Crippen LogP contribution in [0.2, 0.25) is 0 Å². The minimum atomic E-state index is -0.672. The van der Waals surface area contributed by atoms with E-state index in [9.17, 15) is 9.59 Å². The normalized spacial score (nSPS) is 13.1. The molecule has 0 aliphatic heterocycles. The van der Waals surface area contributed by atoms with Crippen LogP contribution in [0.5, 0.6) is 0 Å². The molecule has 0 saturated heterocycles. The molecule has 1 heterocycles. The van der Waals surface area contributed by atoms with Gasteiger partial charge in [0.15, 0.2) is 5.16 Å². The van der Waals surface area contributed by atoms with Crippen LogP contribution in [0, 0.1) is 0 Å². The van der Waals surface area contributed by atoms with Gasteiger partial charge < -0.3 is 21.4 Å². The van der Waals surface area contributed by atoms with Crippen molar-refractivity contribution in [1.82, 2.24) is 14.9 Å². The van der Waals surface area contributed by atoms with Gasteiger partial charge in [-0.3, -0.25) is 9.59 Å². The summed E-state index contributed by atoms with van der Waals surface area (Å²) in [6.07, 6.45) is 2.34. The summed E-state index contributed by atoms with van der Waals surface area (Å²) in [7, 11) is 1.64. The first-order chi connectivity index (χ1) is 15.0. The van der Waals surface area contributed by atoms with Gasteiger partial charge in [-0.25, -0.2) is 4.98 Å². The van der Waals surface area contributed by atoms with Crippen LogP contribution in [0.25, 0.3) is 11.0 Å². The molecule has 2 atom stereocenters. The van der Waals surface area contributed by atoms with Crippen LogP contribution in [0.4, 0.5) is 0 Å². The molecule has 1 amide bonds. The number of imidazole rings is 1. The highest BCUT2D eigenvalue weighted by molar-refractivity contribution is 8.13. The van der Waals surface area contributed by atoms with Gasteiger partial charge in [0, 0.05) is 7.05 Å². The number of aromatic amines is 1. The molecule has 1 aromatic heterocycles. The predicted octanol–water partition coefficient (Wildman–Crippen LogP) is 2.71. The van der Waals surface area contributed by atoms with E-state index in [0.29, 0.717) is 37.4 Å². The van der Waals surface area contributed by atoms with Crippen molar-refractivity contribution in [3.63, 3.8) is 0 Å². The quantitative estimate of drug-likeness (QED) is 0.418. The van der Waals surface area contributed by atoms with E-state index in [1.807, 2.05) is 54.6 Å². The number of nitrogens with zero attached hydrogens (tertiary/aromatic N) is 2. The molecule has 3 aromatic rings. The molecule has 0 aliphatic rings. The van der Waals surface area contributed by atoms with Gasteiger partial charge in [0.2, 0.25) is 11.0 Å². The fraction of sp³-hybridized carbons (Fsp3) is 0.348. The average Bonchev–Trinajstić information content (AvgIpc) is 3.20. The Labute approximate surface area is 186 Å². The summed E-state index contributed by atoms with van der Waals surface area (Å²) in [6, 6.07) is 16.2. The zero-order valence-electron chi connectivity index (χ0n) is 17.7. The van der Waals surface area contributed by atoms with Crippen LogP contribution in [0.3, 0.4) is 0 Å². The highest BCUT2D eigenvalue weighted by Crippen LogP contribution is 2.24. The number of hydrogen-bond donors (Lipinski definition) is 3. The van der Waals surface area contributed by atoms with Crippen LogP contribution in [0.15, 0.2) is 59.8 Å². The second-order valence-electron chi connectivity index (χ2n) is 7.51. The molecule has 31 heavy (non-hydrogen) atoms. The first-order valence-electron chi connectivity index (χ1n) is 10.4. The molecule has 0 aliphatic carbocycles. The van der Waals surface area contributed by atoms with Gasteiger partial charge in [0.05, 0.1) is 17.1 Å². The number of amides is 1. The van der Waals surface area contributed by atoms with Gasteiger partial charge >= 0.3 is 0 Å². The van der Waals surface area contributed by atoms with Crippen molar-refractivity contribution in [2.45, 2.75) is 42.9 Å². The van der Waals surface area contributed by atoms with E-state index < -0.39 is 12.1 Å². The molecular formula is C23H29N5O2S. The highest BCUT2D eigenvalue weighted by atomic mass is 32.2. The molecule has 0 unspecified atom stereocenters. The summed E-state index contributed by atoms with van der Waals surface area (Å²) in [4.78, 5) is 35.1. The lowest BCUT2D eigenvalue weighted by atomic mass is 10.0. The number of para-hydroxylation sites is 2. The van der Waals surface area contributed by atoms with E-state index in [2.05, 4.69) is 9.97 Å². The molecule has 5 N–H and O–H groups in total. The topological polar surface area (TPSA) is 118 Å². The maximum absolute atomic E-state index is 13.1. The number of hydrogen-bond acceptors (Lipinski definition) is 6. The van der Waals surface area contributed by atoms with Crippen molar-refractivity contribution < 1.29 is 9.59 Å². The third kappa shape index (κ3) is 6.16. The summed E-state index contributed by atoms with van der Waals surface area (Å²) in [5.41, 5.74) is 14.6. The van der Waals surface area contributed by atoms with Crippen LogP contribution in [0.1, 0.15) is 24.8 Å². The lowest BCUT2D eigenvalue weighted by Crippen LogP contribution is -2.49. The number of thioether (sulfide) groups is 1. The number of carbonyl (C=O) groups excluding carboxylic acids is 2. The van der Waals surface area contributed by atoms with E-state index in [1.54, 1.807) is 7.05 Å². The molecule has 164 valence electrons. The largest absolute Gasteiger partial charge is 0.333 e. The molecule has 0 saturated carbocycles. The number of nitrogens with two attached hydrogens (primary N) is 2. The summed E-state index contributed by atoms with van der Waals surface area (Å²) in [5, 5.41) is 0.358. The number of benzene rings is 2. The Bertz CT molecular complexity index is 974. The third-order valence-corrected chi connectivity index (χ3v) is 6.10. The molecule has 0 spiro atoms. The van der Waals surface area contributed by atoms with Gasteiger partial charge in [0.1, 0.15) is 6.04 Å². The molecule has 0 bridgehead atoms. The van der Waals surface area contributed by atoms with Crippen molar-refractivity contribution in [2.24, 2.45) is 11.5 Å². The van der Waals surface area contributed by atoms with Crippen molar-refractivity contribution in [3.8, 4) is 0 Å². The monoisotopic (exact) mass is 439 g/mol. The van der Waals surface area contributed by atoms with Crippen LogP contribution >= 0.6 is 11.8 Å². The van der Waals surface area contributed by atoms with Crippen molar-refractivity contribution >= 4 is 33.8 Å². The minimum absolute atomic E-state index is 0.154. The Morgan fingerprint density at radius 3 is 2.52 bits per heavy atom. The van der Waals surface area contributed by atoms with Crippen LogP contribution in [-0.4, -0.2) is 51.6 Å². The number of nitrogens with one attached hydrogen (secondary N) is 1. The van der Waals surface area contributed by atoms with Gasteiger partial charge in [-0.05, 0) is 61.7 Å². The number of rotatable bonds is 10. The SMILES string of the molecule is CN(C(=O)[C@@H](N)CCc1ccccc1)[C@@H](CCCN)C(=O)Sc1nc2ccccc2[nH]1. The minimum Gasteiger partial charge on any atom is -0.333 e. The molecular weight excluding hydrogens is 410 g/mol. The predicted molar refractivity (Wildman–Crippen MR) is 125 cm³/mol. The van der Waals surface area contributed by atoms with E-state index in [1.165, 1.54) is 4.90 Å². The lowest BCUT2D eigenvalue weighted by molar-refractivity contribution is -0.137. The highest BCUT2D eigenvalue weighted by Gasteiger charge is 2.30. The number of likely N-dealkylation sites (N-methyl/N-ethyl adjacent to an activating group) is 1. The van der Waals surface area contributed by atoms with E-state index >= 15 is 0 Å². The first kappa shape index (κ1) is 23.0. The Hall–Kier alpha value is -2.68. The number of H-pyrrole nitrogens is 1. The van der Waals surface area contributed by atoms with Gasteiger partial charge in [-0.15, -0.1) is 0 Å². The van der Waals surface area contributed by atoms with E-state index in [-0.39, 0.29) is 11.0 Å². The van der Waals surface area contributed by atoms with Crippen molar-refractivity contribution in [2.75, 3.05) is 13.6 Å². The zero-order chi connectivity index (χ0) is 22.2. The number of aryl methyl sites for hydroxylation is 1. The van der Waals surface area contributed by atoms with E-state index in [0.717, 1.165) is 28.4 Å². The van der Waals surface area contributed by atoms with Crippen molar-refractivity contribution in [3.05, 3.63) is 60.2 Å². The van der Waals surface area contributed by atoms with E-state index in [4.69, 9.17) is 11.5 Å². The standard InChI is InChI=1S/C23H29N5O2S/c1-28(21(29)17(25)14-13-16-8-3-2-4-9-16)20(12-7-15-24)22(30)31-23-26-18-10-5-6-11-19(18)27-23/h2-6,8-11,17,20H,7,12-15,24-25H2,1H3,(H,26,27)/t17-,20-/m0/s1. The Morgan fingerprint density at radius 1 is 1.10 bits per heavy atom. The second kappa shape index (κ2) is 11.1. The number of aromatic nitrogens is 2. The average molecular weight is 440 g/mol. The fourth-order valence-corrected chi connectivity index (χ4v) is 4.33. The molecule has 8 heteroatoms. The van der Waals surface area contributed by atoms with Crippen molar-refractivity contribution in [1.29, 1.82) is 0 Å². The molecule has 0 radical (unpaired) electrons. The Balaban J connectivity index is 1.65. The second-order valence-corrected chi connectivity index (χ2v) is 8.50. The molecule has 7 nitrogen and oxygen atoms in total. The van der Waals surface area contributed by atoms with Crippen LogP contribution < -0.4 is 11.5 Å². The Morgan fingerprint density at radius 2 is 1.81 bits per heavy atom. The van der Waals surface area contributed by atoms with Gasteiger partial charge in [0.25, 0.3) is 0 Å². The summed E-state index contributed by atoms with van der Waals surface area (Å²) < 4.78 is 0. The zero-order valence-corrected chi connectivity index (χ0v) is 18.5. The Kier molecular flexibility index (Phi) is 8.22. The lowest BCUT2D eigenvalue weighted by Gasteiger charge is -2.29. The third-order valence-electron chi connectivity index (χ3n) is 5.24. The van der Waals surface area contributed by atoms with Gasteiger partial charge in [-0.2, -0.15) is 0 Å². The molecule has 3 rings (SSSR count). The van der Waals surface area contributed by atoms with Gasteiger partial charge in [-0.1, -0.05) is 42.5 Å². The summed E-state index contributed by atoms with van der Waals surface area (Å²) >= 11 is 1.01. The fourth-order valence-electron chi connectivity index (χ4n) is 3.43. The van der Waals surface area contributed by atoms with Crippen LogP contribution in [-0.2, 0) is 16.0 Å². The summed E-state index contributed by atoms with van der Waals surface area (Å²) in [5.74, 6) is -0.239. The molecule has 2 aromatic carbocycles. The smallest absolute Gasteiger partial charge is 0.239 e. The summed E-state index contributed by atoms with van der Waals surface area (Å²) in [6.45, 7) is 0.446. The number of carbonyl (C=O) groups is 2. The first-order valence-corrected chi connectivity index (χ1v) is 11.2. The maximum atomic E-state index is 13.1.